The van der Waals surface area contributed by atoms with Gasteiger partial charge in [-0.1, -0.05) is 30.3 Å². The van der Waals surface area contributed by atoms with Gasteiger partial charge in [0.2, 0.25) is 0 Å². The Morgan fingerprint density at radius 2 is 1.93 bits per heavy atom. The molecule has 1 heterocycles. The minimum atomic E-state index is 0.658. The summed E-state index contributed by atoms with van der Waals surface area (Å²) in [7, 11) is 1.98. The number of likely N-dealkylation sites (N-methyl/N-ethyl adjacent to an activating group) is 1. The van der Waals surface area contributed by atoms with E-state index in [1.807, 2.05) is 18.0 Å². The summed E-state index contributed by atoms with van der Waals surface area (Å²) in [5.41, 5.74) is 1.35. The number of nitrogens with one attached hydrogen (secondary N) is 1. The molecule has 0 saturated carbocycles. The quantitative estimate of drug-likeness (QED) is 0.805. The summed E-state index contributed by atoms with van der Waals surface area (Å²) >= 11 is 0. The van der Waals surface area contributed by atoms with Crippen molar-refractivity contribution in [2.45, 2.75) is 6.42 Å². The molecule has 1 saturated heterocycles. The maximum atomic E-state index is 7.83. The Kier molecular flexibility index (Phi) is 2.90. The third-order valence-corrected chi connectivity index (χ3v) is 2.88. The van der Waals surface area contributed by atoms with E-state index in [2.05, 4.69) is 29.2 Å². The lowest BCUT2D eigenvalue weighted by Gasteiger charge is -2.18. The second-order valence-corrected chi connectivity index (χ2v) is 3.97. The van der Waals surface area contributed by atoms with Crippen LogP contribution in [0.5, 0.6) is 0 Å². The third kappa shape index (κ3) is 2.29. The zero-order valence-corrected chi connectivity index (χ0v) is 9.11. The monoisotopic (exact) mass is 203 g/mol. The molecule has 3 nitrogen and oxygen atoms in total. The molecule has 1 aromatic carbocycles. The molecule has 0 radical (unpaired) electrons. The number of benzene rings is 1. The lowest BCUT2D eigenvalue weighted by atomic mass is 10.1. The second-order valence-electron chi connectivity index (χ2n) is 3.97. The highest BCUT2D eigenvalue weighted by atomic mass is 15.4. The molecular weight excluding hydrogens is 186 g/mol. The highest BCUT2D eigenvalue weighted by Crippen LogP contribution is 2.07. The van der Waals surface area contributed by atoms with Gasteiger partial charge in [0, 0.05) is 26.7 Å². The lowest BCUT2D eigenvalue weighted by molar-refractivity contribution is 0.464. The van der Waals surface area contributed by atoms with E-state index in [9.17, 15) is 0 Å². The highest BCUT2D eigenvalue weighted by molar-refractivity contribution is 5.78. The summed E-state index contributed by atoms with van der Waals surface area (Å²) in [5.74, 6) is 0.658. The predicted octanol–water partition coefficient (Wildman–Crippen LogP) is 1.41. The first-order valence-corrected chi connectivity index (χ1v) is 5.36. The van der Waals surface area contributed by atoms with E-state index in [1.165, 1.54) is 5.56 Å². The molecule has 0 amide bonds. The minimum Gasteiger partial charge on any atom is -0.344 e. The molecule has 0 bridgehead atoms. The Morgan fingerprint density at radius 3 is 2.53 bits per heavy atom. The van der Waals surface area contributed by atoms with Gasteiger partial charge in [0.05, 0.1) is 0 Å². The maximum Gasteiger partial charge on any atom is 0.193 e. The maximum absolute atomic E-state index is 7.83. The van der Waals surface area contributed by atoms with Crippen molar-refractivity contribution in [1.82, 2.24) is 9.80 Å². The van der Waals surface area contributed by atoms with Crippen LogP contribution in [0.15, 0.2) is 30.3 Å². The van der Waals surface area contributed by atoms with E-state index in [1.54, 1.807) is 0 Å². The van der Waals surface area contributed by atoms with E-state index in [4.69, 9.17) is 5.41 Å². The summed E-state index contributed by atoms with van der Waals surface area (Å²) in [4.78, 5) is 4.12. The zero-order chi connectivity index (χ0) is 10.7. The van der Waals surface area contributed by atoms with Crippen LogP contribution in [-0.2, 0) is 6.42 Å². The number of hydrogen-bond donors (Lipinski definition) is 1. The molecule has 0 unspecified atom stereocenters. The predicted molar refractivity (Wildman–Crippen MR) is 62.1 cm³/mol. The molecule has 1 aliphatic rings. The van der Waals surface area contributed by atoms with Crippen LogP contribution >= 0.6 is 0 Å². The average Bonchev–Trinajstić information content (AvgIpc) is 2.59. The van der Waals surface area contributed by atoms with E-state index in [0.29, 0.717) is 5.96 Å². The average molecular weight is 203 g/mol. The van der Waals surface area contributed by atoms with Crippen molar-refractivity contribution in [2.75, 3.05) is 26.7 Å². The van der Waals surface area contributed by atoms with Gasteiger partial charge in [0.25, 0.3) is 0 Å². The smallest absolute Gasteiger partial charge is 0.193 e. The molecule has 0 aromatic heterocycles. The summed E-state index contributed by atoms with van der Waals surface area (Å²) in [5, 5.41) is 7.83. The Balaban J connectivity index is 1.87. The van der Waals surface area contributed by atoms with Crippen LogP contribution in [0.3, 0.4) is 0 Å². The molecule has 3 heteroatoms. The van der Waals surface area contributed by atoms with Crippen LogP contribution in [-0.4, -0.2) is 42.4 Å². The first-order chi connectivity index (χ1) is 7.27. The molecule has 1 aromatic rings. The fourth-order valence-corrected chi connectivity index (χ4v) is 1.85. The first kappa shape index (κ1) is 10.0. The van der Waals surface area contributed by atoms with Gasteiger partial charge in [0.15, 0.2) is 5.96 Å². The SMILES string of the molecule is CN1CCN(CCc2ccccc2)C1=N. The fourth-order valence-electron chi connectivity index (χ4n) is 1.85. The van der Waals surface area contributed by atoms with Crippen molar-refractivity contribution in [2.24, 2.45) is 0 Å². The topological polar surface area (TPSA) is 30.3 Å². The number of nitrogens with zero attached hydrogens (tertiary/aromatic N) is 2. The molecule has 1 fully saturated rings. The van der Waals surface area contributed by atoms with Gasteiger partial charge >= 0.3 is 0 Å². The number of guanidine groups is 1. The van der Waals surface area contributed by atoms with Crippen LogP contribution in [0.1, 0.15) is 5.56 Å². The Bertz CT molecular complexity index is 334. The molecule has 0 aliphatic carbocycles. The normalized spacial score (nSPS) is 16.2. The second kappa shape index (κ2) is 4.34. The van der Waals surface area contributed by atoms with E-state index in [-0.39, 0.29) is 0 Å². The van der Waals surface area contributed by atoms with Crippen molar-refractivity contribution in [3.8, 4) is 0 Å². The highest BCUT2D eigenvalue weighted by Gasteiger charge is 2.20. The van der Waals surface area contributed by atoms with Crippen LogP contribution in [0, 0.1) is 5.41 Å². The first-order valence-electron chi connectivity index (χ1n) is 5.36. The van der Waals surface area contributed by atoms with Gasteiger partial charge in [-0.25, -0.2) is 0 Å². The van der Waals surface area contributed by atoms with Crippen molar-refractivity contribution in [3.63, 3.8) is 0 Å². The van der Waals surface area contributed by atoms with Crippen LogP contribution in [0.2, 0.25) is 0 Å². The van der Waals surface area contributed by atoms with Gasteiger partial charge in [-0.3, -0.25) is 5.41 Å². The van der Waals surface area contributed by atoms with E-state index in [0.717, 1.165) is 26.1 Å². The summed E-state index contributed by atoms with van der Waals surface area (Å²) in [6.07, 6.45) is 1.02. The van der Waals surface area contributed by atoms with Crippen molar-refractivity contribution in [1.29, 1.82) is 5.41 Å². The molecule has 15 heavy (non-hydrogen) atoms. The van der Waals surface area contributed by atoms with Crippen LogP contribution < -0.4 is 0 Å². The summed E-state index contributed by atoms with van der Waals surface area (Å²) in [6, 6.07) is 10.5. The van der Waals surface area contributed by atoms with E-state index >= 15 is 0 Å². The molecule has 0 atom stereocenters. The minimum absolute atomic E-state index is 0.658. The van der Waals surface area contributed by atoms with Crippen molar-refractivity contribution < 1.29 is 0 Å². The molecule has 2 rings (SSSR count). The van der Waals surface area contributed by atoms with Crippen molar-refractivity contribution in [3.05, 3.63) is 35.9 Å². The lowest BCUT2D eigenvalue weighted by Crippen LogP contribution is -2.31. The Labute approximate surface area is 90.8 Å². The number of rotatable bonds is 3. The Morgan fingerprint density at radius 1 is 1.20 bits per heavy atom. The van der Waals surface area contributed by atoms with Gasteiger partial charge < -0.3 is 9.80 Å². The van der Waals surface area contributed by atoms with Crippen LogP contribution in [0.4, 0.5) is 0 Å². The zero-order valence-electron chi connectivity index (χ0n) is 9.11. The molecular formula is C12H17N3. The van der Waals surface area contributed by atoms with Crippen LogP contribution in [0.25, 0.3) is 0 Å². The Hall–Kier alpha value is -1.51. The van der Waals surface area contributed by atoms with Gasteiger partial charge in [-0.15, -0.1) is 0 Å². The van der Waals surface area contributed by atoms with E-state index < -0.39 is 0 Å². The summed E-state index contributed by atoms with van der Waals surface area (Å²) < 4.78 is 0. The standard InChI is InChI=1S/C12H17N3/c1-14-9-10-15(12(14)13)8-7-11-5-3-2-4-6-11/h2-6,13H,7-10H2,1H3. The molecule has 1 N–H and O–H groups in total. The largest absolute Gasteiger partial charge is 0.344 e. The van der Waals surface area contributed by atoms with Gasteiger partial charge in [-0.2, -0.15) is 0 Å². The van der Waals surface area contributed by atoms with Gasteiger partial charge in [-0.05, 0) is 12.0 Å². The molecule has 80 valence electrons. The molecule has 1 aliphatic heterocycles. The molecule has 0 spiro atoms. The fraction of sp³-hybridized carbons (Fsp3) is 0.417. The summed E-state index contributed by atoms with van der Waals surface area (Å²) in [6.45, 7) is 2.92. The van der Waals surface area contributed by atoms with Crippen molar-refractivity contribution >= 4 is 5.96 Å². The third-order valence-electron chi connectivity index (χ3n) is 2.88. The van der Waals surface area contributed by atoms with Gasteiger partial charge in [0.1, 0.15) is 0 Å². The number of hydrogen-bond acceptors (Lipinski definition) is 1.